The Hall–Kier alpha value is -1.60. The van der Waals surface area contributed by atoms with E-state index >= 15 is 0 Å². The third kappa shape index (κ3) is 2.56. The largest absolute Gasteiger partial charge is 0.488 e. The Morgan fingerprint density at radius 3 is 2.93 bits per heavy atom. The molecule has 5 atom stereocenters. The fraction of sp³-hybridized carbons (Fsp3) is 0.652. The van der Waals surface area contributed by atoms with Gasteiger partial charge in [0.25, 0.3) is 0 Å². The Bertz CT molecular complexity index is 836. The first-order chi connectivity index (χ1) is 14.2. The van der Waals surface area contributed by atoms with E-state index < -0.39 is 6.10 Å². The Balaban J connectivity index is 1.33. The van der Waals surface area contributed by atoms with Gasteiger partial charge in [-0.05, 0) is 38.1 Å². The maximum absolute atomic E-state index is 10.8. The number of aliphatic hydroxyl groups excluding tert-OH is 1. The molecule has 29 heavy (non-hydrogen) atoms. The number of piperidine rings is 1. The minimum Gasteiger partial charge on any atom is -0.488 e. The second-order valence-corrected chi connectivity index (χ2v) is 9.21. The summed E-state index contributed by atoms with van der Waals surface area (Å²) in [6, 6.07) is 4.80. The lowest BCUT2D eigenvalue weighted by atomic mass is 9.53. The lowest BCUT2D eigenvalue weighted by molar-refractivity contribution is -0.0454. The van der Waals surface area contributed by atoms with Gasteiger partial charge in [0.1, 0.15) is 18.8 Å². The zero-order chi connectivity index (χ0) is 19.6. The Morgan fingerprint density at radius 2 is 2.07 bits per heavy atom. The van der Waals surface area contributed by atoms with Crippen molar-refractivity contribution in [2.75, 3.05) is 53.0 Å². The van der Waals surface area contributed by atoms with Crippen molar-refractivity contribution in [1.29, 1.82) is 0 Å². The molecule has 2 saturated heterocycles. The summed E-state index contributed by atoms with van der Waals surface area (Å²) in [4.78, 5) is 4.87. The SMILES string of the molecule is CN1CC[C@]23c4c5ccc(OCCN6CCOCC6)c4O[C@H]2[C@@H](O)C=C[C@H]3[C@H]1C5. The monoisotopic (exact) mass is 398 g/mol. The quantitative estimate of drug-likeness (QED) is 0.770. The molecule has 2 fully saturated rings. The van der Waals surface area contributed by atoms with Crippen molar-refractivity contribution in [3.63, 3.8) is 0 Å². The first kappa shape index (κ1) is 18.2. The van der Waals surface area contributed by atoms with Crippen LogP contribution >= 0.6 is 0 Å². The fourth-order valence-electron chi connectivity index (χ4n) is 6.45. The lowest BCUT2D eigenvalue weighted by Gasteiger charge is -2.56. The third-order valence-electron chi connectivity index (χ3n) is 7.90. The van der Waals surface area contributed by atoms with E-state index in [9.17, 15) is 5.11 Å². The second kappa shape index (κ2) is 6.71. The standard InChI is InChI=1S/C23H30N2O4/c1-24-7-6-23-16-3-4-18(26)22(23)29-21-19(5-2-15(20(21)23)14-17(16)24)28-13-10-25-8-11-27-12-9-25/h2-5,16-18,22,26H,6-14H2,1H3/t16-,17+,18-,22-,23-/m0/s1. The number of likely N-dealkylation sites (tertiary alicyclic amines) is 1. The highest BCUT2D eigenvalue weighted by atomic mass is 16.5. The minimum absolute atomic E-state index is 0.113. The number of benzene rings is 1. The first-order valence-corrected chi connectivity index (χ1v) is 11.0. The van der Waals surface area contributed by atoms with Gasteiger partial charge in [-0.2, -0.15) is 0 Å². The van der Waals surface area contributed by atoms with E-state index in [0.29, 0.717) is 18.6 Å². The second-order valence-electron chi connectivity index (χ2n) is 9.21. The van der Waals surface area contributed by atoms with Crippen molar-refractivity contribution in [3.05, 3.63) is 35.4 Å². The summed E-state index contributed by atoms with van der Waals surface area (Å²) in [5.41, 5.74) is 2.58. The molecule has 3 aliphatic heterocycles. The van der Waals surface area contributed by atoms with E-state index in [-0.39, 0.29) is 11.5 Å². The Morgan fingerprint density at radius 1 is 1.21 bits per heavy atom. The molecule has 156 valence electrons. The molecule has 0 saturated carbocycles. The van der Waals surface area contributed by atoms with Crippen LogP contribution in [0.15, 0.2) is 24.3 Å². The fourth-order valence-corrected chi connectivity index (χ4v) is 6.45. The molecule has 6 rings (SSSR count). The zero-order valence-electron chi connectivity index (χ0n) is 17.0. The highest BCUT2D eigenvalue weighted by Crippen LogP contribution is 2.62. The van der Waals surface area contributed by atoms with Crippen molar-refractivity contribution >= 4 is 0 Å². The van der Waals surface area contributed by atoms with Gasteiger partial charge in [-0.15, -0.1) is 0 Å². The smallest absolute Gasteiger partial charge is 0.165 e. The van der Waals surface area contributed by atoms with E-state index in [1.807, 2.05) is 6.08 Å². The Labute approximate surface area is 172 Å². The summed E-state index contributed by atoms with van der Waals surface area (Å²) in [6.45, 7) is 6.13. The third-order valence-corrected chi connectivity index (χ3v) is 7.90. The molecule has 5 aliphatic rings. The normalized spacial score (nSPS) is 37.9. The zero-order valence-corrected chi connectivity index (χ0v) is 17.0. The van der Waals surface area contributed by atoms with E-state index in [4.69, 9.17) is 14.2 Å². The van der Waals surface area contributed by atoms with Gasteiger partial charge in [-0.25, -0.2) is 0 Å². The average Bonchev–Trinajstić information content (AvgIpc) is 3.09. The summed E-state index contributed by atoms with van der Waals surface area (Å²) < 4.78 is 18.2. The number of hydrogen-bond acceptors (Lipinski definition) is 6. The van der Waals surface area contributed by atoms with Crippen LogP contribution in [-0.2, 0) is 16.6 Å². The molecule has 6 nitrogen and oxygen atoms in total. The average molecular weight is 399 g/mol. The van der Waals surface area contributed by atoms with E-state index in [1.54, 1.807) is 0 Å². The van der Waals surface area contributed by atoms with Gasteiger partial charge in [0, 0.05) is 42.6 Å². The van der Waals surface area contributed by atoms with Crippen LogP contribution in [0.5, 0.6) is 11.5 Å². The molecule has 0 radical (unpaired) electrons. The molecular formula is C23H30N2O4. The molecule has 0 amide bonds. The van der Waals surface area contributed by atoms with Crippen molar-refractivity contribution in [2.45, 2.75) is 36.5 Å². The van der Waals surface area contributed by atoms with Crippen molar-refractivity contribution in [2.24, 2.45) is 5.92 Å². The molecule has 2 bridgehead atoms. The van der Waals surface area contributed by atoms with Gasteiger partial charge in [0.2, 0.25) is 0 Å². The predicted molar refractivity (Wildman–Crippen MR) is 109 cm³/mol. The summed E-state index contributed by atoms with van der Waals surface area (Å²) in [6.07, 6.45) is 5.51. The number of likely N-dealkylation sites (N-methyl/N-ethyl adjacent to an activating group) is 1. The van der Waals surface area contributed by atoms with Gasteiger partial charge >= 0.3 is 0 Å². The van der Waals surface area contributed by atoms with Crippen LogP contribution in [-0.4, -0.2) is 86.2 Å². The number of rotatable bonds is 4. The van der Waals surface area contributed by atoms with Crippen LogP contribution in [0.25, 0.3) is 0 Å². The van der Waals surface area contributed by atoms with Crippen LogP contribution in [0.4, 0.5) is 0 Å². The summed E-state index contributed by atoms with van der Waals surface area (Å²) in [5.74, 6) is 2.13. The summed E-state index contributed by atoms with van der Waals surface area (Å²) in [7, 11) is 2.23. The lowest BCUT2D eigenvalue weighted by Crippen LogP contribution is -2.64. The number of aliphatic hydroxyl groups is 1. The minimum atomic E-state index is -0.560. The Kier molecular flexibility index (Phi) is 4.21. The van der Waals surface area contributed by atoms with E-state index in [2.05, 4.69) is 35.1 Å². The topological polar surface area (TPSA) is 54.4 Å². The van der Waals surface area contributed by atoms with Gasteiger partial charge in [0.05, 0.1) is 13.2 Å². The van der Waals surface area contributed by atoms with Crippen LogP contribution < -0.4 is 9.47 Å². The van der Waals surface area contributed by atoms with Crippen molar-refractivity contribution in [1.82, 2.24) is 9.80 Å². The van der Waals surface area contributed by atoms with Crippen LogP contribution in [0.1, 0.15) is 17.5 Å². The maximum atomic E-state index is 10.8. The van der Waals surface area contributed by atoms with Gasteiger partial charge < -0.3 is 24.2 Å². The molecule has 0 unspecified atom stereocenters. The number of nitrogens with zero attached hydrogens (tertiary/aromatic N) is 2. The number of morpholine rings is 1. The maximum Gasteiger partial charge on any atom is 0.165 e. The number of hydrogen-bond donors (Lipinski definition) is 1. The van der Waals surface area contributed by atoms with Gasteiger partial charge in [-0.1, -0.05) is 18.2 Å². The first-order valence-electron chi connectivity index (χ1n) is 11.0. The van der Waals surface area contributed by atoms with Gasteiger partial charge in [0.15, 0.2) is 11.5 Å². The summed E-state index contributed by atoms with van der Waals surface area (Å²) in [5, 5.41) is 10.8. The highest BCUT2D eigenvalue weighted by Gasteiger charge is 2.64. The molecule has 1 aromatic carbocycles. The van der Waals surface area contributed by atoms with Crippen LogP contribution in [0.3, 0.4) is 0 Å². The highest BCUT2D eigenvalue weighted by molar-refractivity contribution is 5.62. The van der Waals surface area contributed by atoms with Crippen molar-refractivity contribution in [3.8, 4) is 11.5 Å². The molecule has 2 aliphatic carbocycles. The van der Waals surface area contributed by atoms with Crippen LogP contribution in [0, 0.1) is 5.92 Å². The molecular weight excluding hydrogens is 368 g/mol. The van der Waals surface area contributed by atoms with E-state index in [0.717, 1.165) is 63.7 Å². The molecule has 1 aromatic rings. The van der Waals surface area contributed by atoms with Gasteiger partial charge in [-0.3, -0.25) is 4.90 Å². The van der Waals surface area contributed by atoms with E-state index in [1.165, 1.54) is 11.1 Å². The van der Waals surface area contributed by atoms with Crippen molar-refractivity contribution < 1.29 is 19.3 Å². The molecule has 3 heterocycles. The molecule has 0 aromatic heterocycles. The summed E-state index contributed by atoms with van der Waals surface area (Å²) >= 11 is 0. The molecule has 1 N–H and O–H groups in total. The number of ether oxygens (including phenoxy) is 3. The van der Waals surface area contributed by atoms with Crippen LogP contribution in [0.2, 0.25) is 0 Å². The predicted octanol–water partition coefficient (Wildman–Crippen LogP) is 1.20. The molecule has 1 spiro atoms. The molecule has 6 heteroatoms.